The molecular weight excluding hydrogens is 338 g/mol. The number of likely N-dealkylation sites (N-methyl/N-ethyl adjacent to an activating group) is 1. The van der Waals surface area contributed by atoms with Gasteiger partial charge in [-0.25, -0.2) is 4.79 Å². The van der Waals surface area contributed by atoms with E-state index < -0.39 is 12.1 Å². The summed E-state index contributed by atoms with van der Waals surface area (Å²) in [7, 11) is 4.75. The fourth-order valence-electron chi connectivity index (χ4n) is 2.26. The van der Waals surface area contributed by atoms with Crippen molar-refractivity contribution in [3.63, 3.8) is 0 Å². The summed E-state index contributed by atoms with van der Waals surface area (Å²) in [4.78, 5) is 27.5. The fourth-order valence-corrected chi connectivity index (χ4v) is 2.69. The first-order valence-corrected chi connectivity index (χ1v) is 8.89. The number of thioether (sulfide) groups is 1. The lowest BCUT2D eigenvalue weighted by Gasteiger charge is -2.21. The summed E-state index contributed by atoms with van der Waals surface area (Å²) in [5.41, 5.74) is 0.905. The molecular formula is C19H21NO4S. The molecule has 0 heterocycles. The summed E-state index contributed by atoms with van der Waals surface area (Å²) in [5, 5.41) is 0. The van der Waals surface area contributed by atoms with Crippen LogP contribution in [-0.4, -0.2) is 44.2 Å². The Bertz CT molecular complexity index is 746. The Morgan fingerprint density at radius 2 is 1.76 bits per heavy atom. The molecule has 25 heavy (non-hydrogen) atoms. The van der Waals surface area contributed by atoms with Gasteiger partial charge in [-0.3, -0.25) is 4.79 Å². The quantitative estimate of drug-likeness (QED) is 0.584. The number of esters is 1. The smallest absolute Gasteiger partial charge is 0.343 e. The molecule has 2 rings (SSSR count). The summed E-state index contributed by atoms with van der Waals surface area (Å²) in [6.07, 6.45) is 0.933. The average molecular weight is 359 g/mol. The predicted molar refractivity (Wildman–Crippen MR) is 98.1 cm³/mol. The first kappa shape index (κ1) is 18.9. The van der Waals surface area contributed by atoms with E-state index in [0.717, 1.165) is 4.90 Å². The average Bonchev–Trinajstić information content (AvgIpc) is 2.65. The SMILES string of the molecule is COc1cc(SC)ccc1C(=O)O[C@H](C(=O)N(C)C)c1ccccc1. The van der Waals surface area contributed by atoms with Crippen LogP contribution >= 0.6 is 11.8 Å². The van der Waals surface area contributed by atoms with Crippen LogP contribution < -0.4 is 4.74 Å². The monoisotopic (exact) mass is 359 g/mol. The number of nitrogens with zero attached hydrogens (tertiary/aromatic N) is 1. The van der Waals surface area contributed by atoms with E-state index >= 15 is 0 Å². The van der Waals surface area contributed by atoms with Gasteiger partial charge in [-0.05, 0) is 24.5 Å². The summed E-state index contributed by atoms with van der Waals surface area (Å²) in [6.45, 7) is 0. The maximum absolute atomic E-state index is 12.7. The van der Waals surface area contributed by atoms with Crippen molar-refractivity contribution in [2.24, 2.45) is 0 Å². The second-order valence-electron chi connectivity index (χ2n) is 5.49. The highest BCUT2D eigenvalue weighted by atomic mass is 32.2. The van der Waals surface area contributed by atoms with Crippen LogP contribution in [0.5, 0.6) is 5.75 Å². The third-order valence-corrected chi connectivity index (χ3v) is 4.35. The molecule has 132 valence electrons. The highest BCUT2D eigenvalue weighted by Gasteiger charge is 2.28. The summed E-state index contributed by atoms with van der Waals surface area (Å²) in [6, 6.07) is 14.2. The Hall–Kier alpha value is -2.47. The van der Waals surface area contributed by atoms with Gasteiger partial charge in [-0.15, -0.1) is 11.8 Å². The van der Waals surface area contributed by atoms with Gasteiger partial charge < -0.3 is 14.4 Å². The zero-order valence-corrected chi connectivity index (χ0v) is 15.5. The van der Waals surface area contributed by atoms with Crippen LogP contribution in [0.4, 0.5) is 0 Å². The van der Waals surface area contributed by atoms with E-state index in [9.17, 15) is 9.59 Å². The molecule has 0 saturated heterocycles. The second kappa shape index (κ2) is 8.58. The molecule has 2 aromatic rings. The van der Waals surface area contributed by atoms with E-state index in [4.69, 9.17) is 9.47 Å². The van der Waals surface area contributed by atoms with Gasteiger partial charge >= 0.3 is 5.97 Å². The van der Waals surface area contributed by atoms with E-state index in [1.807, 2.05) is 18.4 Å². The van der Waals surface area contributed by atoms with Gasteiger partial charge in [0.2, 0.25) is 6.10 Å². The molecule has 0 radical (unpaired) electrons. The molecule has 5 nitrogen and oxygen atoms in total. The molecule has 0 saturated carbocycles. The van der Waals surface area contributed by atoms with Crippen molar-refractivity contribution in [2.75, 3.05) is 27.5 Å². The van der Waals surface area contributed by atoms with Crippen LogP contribution in [0, 0.1) is 0 Å². The lowest BCUT2D eigenvalue weighted by molar-refractivity contribution is -0.138. The van der Waals surface area contributed by atoms with Gasteiger partial charge in [0.25, 0.3) is 5.91 Å². The molecule has 0 aliphatic carbocycles. The standard InChI is InChI=1S/C19H21NO4S/c1-20(2)18(21)17(13-8-6-5-7-9-13)24-19(22)15-11-10-14(25-4)12-16(15)23-3/h5-12,17H,1-4H3/t17-/m0/s1. The normalized spacial score (nSPS) is 11.5. The van der Waals surface area contributed by atoms with E-state index in [1.165, 1.54) is 12.0 Å². The number of amides is 1. The van der Waals surface area contributed by atoms with Gasteiger partial charge in [0.05, 0.1) is 7.11 Å². The Morgan fingerprint density at radius 1 is 1.08 bits per heavy atom. The maximum Gasteiger partial charge on any atom is 0.343 e. The zero-order valence-electron chi connectivity index (χ0n) is 14.7. The van der Waals surface area contributed by atoms with Crippen LogP contribution in [0.1, 0.15) is 22.0 Å². The lowest BCUT2D eigenvalue weighted by atomic mass is 10.1. The minimum absolute atomic E-state index is 0.285. The third-order valence-electron chi connectivity index (χ3n) is 3.62. The minimum Gasteiger partial charge on any atom is -0.496 e. The summed E-state index contributed by atoms with van der Waals surface area (Å²) >= 11 is 1.55. The highest BCUT2D eigenvalue weighted by Crippen LogP contribution is 2.28. The molecule has 1 amide bonds. The zero-order chi connectivity index (χ0) is 18.4. The Morgan fingerprint density at radius 3 is 2.32 bits per heavy atom. The van der Waals surface area contributed by atoms with Gasteiger partial charge in [-0.2, -0.15) is 0 Å². The second-order valence-corrected chi connectivity index (χ2v) is 6.37. The van der Waals surface area contributed by atoms with Crippen molar-refractivity contribution in [3.05, 3.63) is 59.7 Å². The third kappa shape index (κ3) is 4.54. The molecule has 0 aliphatic heterocycles. The number of carbonyl (C=O) groups excluding carboxylic acids is 2. The molecule has 0 bridgehead atoms. The molecule has 1 atom stereocenters. The Balaban J connectivity index is 2.33. The lowest BCUT2D eigenvalue weighted by Crippen LogP contribution is -2.31. The Labute approximate surface area is 151 Å². The van der Waals surface area contributed by atoms with E-state index in [0.29, 0.717) is 11.3 Å². The molecule has 0 aromatic heterocycles. The molecule has 6 heteroatoms. The van der Waals surface area contributed by atoms with Crippen molar-refractivity contribution >= 4 is 23.6 Å². The van der Waals surface area contributed by atoms with Crippen molar-refractivity contribution in [2.45, 2.75) is 11.0 Å². The summed E-state index contributed by atoms with van der Waals surface area (Å²) < 4.78 is 10.8. The van der Waals surface area contributed by atoms with E-state index in [-0.39, 0.29) is 11.5 Å². The van der Waals surface area contributed by atoms with Crippen LogP contribution in [0.2, 0.25) is 0 Å². The first-order valence-electron chi connectivity index (χ1n) is 7.67. The number of ether oxygens (including phenoxy) is 2. The first-order chi connectivity index (χ1) is 12.0. The minimum atomic E-state index is -1.01. The van der Waals surface area contributed by atoms with Crippen LogP contribution in [0.15, 0.2) is 53.4 Å². The number of rotatable bonds is 6. The van der Waals surface area contributed by atoms with E-state index in [1.54, 1.807) is 62.3 Å². The van der Waals surface area contributed by atoms with Gasteiger partial charge in [0.1, 0.15) is 11.3 Å². The van der Waals surface area contributed by atoms with Gasteiger partial charge in [0.15, 0.2) is 0 Å². The maximum atomic E-state index is 12.7. The molecule has 0 spiro atoms. The van der Waals surface area contributed by atoms with E-state index in [2.05, 4.69) is 0 Å². The largest absolute Gasteiger partial charge is 0.496 e. The highest BCUT2D eigenvalue weighted by molar-refractivity contribution is 7.98. The van der Waals surface area contributed by atoms with Gasteiger partial charge in [0, 0.05) is 24.6 Å². The van der Waals surface area contributed by atoms with Crippen molar-refractivity contribution in [1.82, 2.24) is 4.90 Å². The fraction of sp³-hybridized carbons (Fsp3) is 0.263. The molecule has 0 unspecified atom stereocenters. The van der Waals surface area contributed by atoms with Crippen molar-refractivity contribution < 1.29 is 19.1 Å². The van der Waals surface area contributed by atoms with Crippen LogP contribution in [-0.2, 0) is 9.53 Å². The number of hydrogen-bond donors (Lipinski definition) is 0. The molecule has 0 fully saturated rings. The number of benzene rings is 2. The Kier molecular flexibility index (Phi) is 6.47. The van der Waals surface area contributed by atoms with Crippen LogP contribution in [0.25, 0.3) is 0 Å². The summed E-state index contributed by atoms with van der Waals surface area (Å²) in [5.74, 6) is -0.492. The van der Waals surface area contributed by atoms with Gasteiger partial charge in [-0.1, -0.05) is 30.3 Å². The number of carbonyl (C=O) groups is 2. The van der Waals surface area contributed by atoms with Crippen LogP contribution in [0.3, 0.4) is 0 Å². The van der Waals surface area contributed by atoms with Crippen molar-refractivity contribution in [3.8, 4) is 5.75 Å². The van der Waals surface area contributed by atoms with Crippen molar-refractivity contribution in [1.29, 1.82) is 0 Å². The predicted octanol–water partition coefficient (Wildman–Crippen LogP) is 3.40. The number of methoxy groups -OCH3 is 1. The number of hydrogen-bond acceptors (Lipinski definition) is 5. The molecule has 0 aliphatic rings. The topological polar surface area (TPSA) is 55.8 Å². The molecule has 0 N–H and O–H groups in total. The molecule has 2 aromatic carbocycles.